The highest BCUT2D eigenvalue weighted by molar-refractivity contribution is 6.27. The van der Waals surface area contributed by atoms with Gasteiger partial charge in [-0.3, -0.25) is 14.8 Å². The van der Waals surface area contributed by atoms with Crippen molar-refractivity contribution in [2.45, 2.75) is 32.4 Å². The number of hydrogen-bond donors (Lipinski definition) is 1. The van der Waals surface area contributed by atoms with Crippen LogP contribution in [0.25, 0.3) is 16.5 Å². The average molecular weight is 513 g/mol. The van der Waals surface area contributed by atoms with Crippen molar-refractivity contribution >= 4 is 39.5 Å². The third-order valence-electron chi connectivity index (χ3n) is 6.52. The summed E-state index contributed by atoms with van der Waals surface area (Å²) in [7, 11) is 1.67. The van der Waals surface area contributed by atoms with E-state index < -0.39 is 11.9 Å². The van der Waals surface area contributed by atoms with Gasteiger partial charge in [0.2, 0.25) is 5.91 Å². The van der Waals surface area contributed by atoms with Crippen molar-refractivity contribution in [1.29, 1.82) is 0 Å². The van der Waals surface area contributed by atoms with E-state index in [-0.39, 0.29) is 29.8 Å². The zero-order valence-corrected chi connectivity index (χ0v) is 20.6. The Kier molecular flexibility index (Phi) is 7.90. The molecule has 0 fully saturated rings. The SMILES string of the molecule is CCC(CCNc1ccnc2ccc(C3=CCCN=C3C(F)(F)F)cc12)C(=O)N(C)c1ccc(F)cc1. The van der Waals surface area contributed by atoms with Gasteiger partial charge < -0.3 is 10.2 Å². The summed E-state index contributed by atoms with van der Waals surface area (Å²) >= 11 is 0. The lowest BCUT2D eigenvalue weighted by Gasteiger charge is -2.23. The predicted octanol–water partition coefficient (Wildman–Crippen LogP) is 6.66. The molecule has 1 amide bonds. The van der Waals surface area contributed by atoms with E-state index in [0.29, 0.717) is 48.0 Å². The van der Waals surface area contributed by atoms with Crippen molar-refractivity contribution in [2.75, 3.05) is 30.4 Å². The summed E-state index contributed by atoms with van der Waals surface area (Å²) in [5.41, 5.74) is 1.64. The number of nitrogens with one attached hydrogen (secondary N) is 1. The first-order chi connectivity index (χ1) is 17.7. The molecular weight excluding hydrogens is 484 g/mol. The van der Waals surface area contributed by atoms with Crippen LogP contribution in [-0.4, -0.2) is 42.9 Å². The number of aliphatic imine (C=N–C) groups is 1. The molecule has 2 heterocycles. The second kappa shape index (κ2) is 11.1. The Labute approximate surface area is 212 Å². The first-order valence-electron chi connectivity index (χ1n) is 12.2. The van der Waals surface area contributed by atoms with Crippen LogP contribution in [0.2, 0.25) is 0 Å². The first kappa shape index (κ1) is 26.3. The van der Waals surface area contributed by atoms with Gasteiger partial charge in [-0.25, -0.2) is 4.39 Å². The minimum atomic E-state index is -4.53. The number of pyridine rings is 1. The molecule has 37 heavy (non-hydrogen) atoms. The molecule has 0 saturated heterocycles. The molecule has 2 aromatic carbocycles. The quantitative estimate of drug-likeness (QED) is 0.344. The van der Waals surface area contributed by atoms with Crippen LogP contribution in [0, 0.1) is 11.7 Å². The summed E-state index contributed by atoms with van der Waals surface area (Å²) in [6.07, 6.45) is 0.304. The van der Waals surface area contributed by atoms with Gasteiger partial charge in [0, 0.05) is 54.6 Å². The number of rotatable bonds is 8. The van der Waals surface area contributed by atoms with E-state index >= 15 is 0 Å². The van der Waals surface area contributed by atoms with E-state index in [9.17, 15) is 22.4 Å². The Hall–Kier alpha value is -3.75. The highest BCUT2D eigenvalue weighted by Gasteiger charge is 2.39. The number of allylic oxidation sites excluding steroid dienone is 1. The number of nitrogens with zero attached hydrogens (tertiary/aromatic N) is 3. The van der Waals surface area contributed by atoms with Crippen molar-refractivity contribution in [3.8, 4) is 0 Å². The molecule has 4 rings (SSSR count). The lowest BCUT2D eigenvalue weighted by molar-refractivity contribution is -0.122. The van der Waals surface area contributed by atoms with Gasteiger partial charge in [0.15, 0.2) is 0 Å². The maximum Gasteiger partial charge on any atom is 0.433 e. The van der Waals surface area contributed by atoms with Crippen LogP contribution < -0.4 is 10.2 Å². The minimum absolute atomic E-state index is 0.0685. The number of fused-ring (bicyclic) bond motifs is 1. The third-order valence-corrected chi connectivity index (χ3v) is 6.52. The van der Waals surface area contributed by atoms with E-state index in [0.717, 1.165) is 5.69 Å². The van der Waals surface area contributed by atoms with E-state index in [4.69, 9.17) is 0 Å². The smallest absolute Gasteiger partial charge is 0.384 e. The molecule has 0 bridgehead atoms. The number of alkyl halides is 3. The second-order valence-electron chi connectivity index (χ2n) is 8.92. The standard InChI is InChI=1S/C28H28F4N4O/c1-3-18(27(37)36(2)21-9-7-20(29)8-10-21)12-15-33-25-13-16-34-24-11-6-19(17-23(24)25)22-5-4-14-35-26(22)28(30,31)32/h5-11,13,16-18H,3-4,12,14-15H2,1-2H3,(H,33,34). The third kappa shape index (κ3) is 5.98. The van der Waals surface area contributed by atoms with Crippen LogP contribution in [0.15, 0.2) is 65.8 Å². The van der Waals surface area contributed by atoms with Gasteiger partial charge >= 0.3 is 6.18 Å². The summed E-state index contributed by atoms with van der Waals surface area (Å²) < 4.78 is 53.9. The zero-order valence-electron chi connectivity index (χ0n) is 20.6. The van der Waals surface area contributed by atoms with Crippen LogP contribution in [0.5, 0.6) is 0 Å². The number of carbonyl (C=O) groups is 1. The average Bonchev–Trinajstić information content (AvgIpc) is 2.90. The number of aromatic nitrogens is 1. The van der Waals surface area contributed by atoms with E-state index in [2.05, 4.69) is 15.3 Å². The number of benzene rings is 2. The topological polar surface area (TPSA) is 57.6 Å². The number of anilines is 2. The molecule has 5 nitrogen and oxygen atoms in total. The summed E-state index contributed by atoms with van der Waals surface area (Å²) in [5.74, 6) is -0.694. The molecule has 194 valence electrons. The fraction of sp³-hybridized carbons (Fsp3) is 0.321. The van der Waals surface area contributed by atoms with E-state index in [1.54, 1.807) is 55.7 Å². The summed E-state index contributed by atoms with van der Waals surface area (Å²) in [6, 6.07) is 12.6. The van der Waals surface area contributed by atoms with Crippen molar-refractivity contribution in [3.05, 3.63) is 72.2 Å². The maximum absolute atomic E-state index is 13.6. The van der Waals surface area contributed by atoms with Gasteiger partial charge in [0.25, 0.3) is 0 Å². The van der Waals surface area contributed by atoms with Crippen molar-refractivity contribution < 1.29 is 22.4 Å². The lowest BCUT2D eigenvalue weighted by atomic mass is 9.95. The molecule has 1 aromatic heterocycles. The van der Waals surface area contributed by atoms with E-state index in [1.165, 1.54) is 17.0 Å². The van der Waals surface area contributed by atoms with Gasteiger partial charge in [-0.1, -0.05) is 19.1 Å². The Morgan fingerprint density at radius 3 is 2.59 bits per heavy atom. The molecular formula is C28H28F4N4O. The van der Waals surface area contributed by atoms with Crippen LogP contribution in [0.1, 0.15) is 31.7 Å². The Bertz CT molecular complexity index is 1330. The second-order valence-corrected chi connectivity index (χ2v) is 8.92. The van der Waals surface area contributed by atoms with Crippen LogP contribution in [0.3, 0.4) is 0 Å². The van der Waals surface area contributed by atoms with E-state index in [1.807, 2.05) is 6.92 Å². The monoisotopic (exact) mass is 512 g/mol. The fourth-order valence-corrected chi connectivity index (χ4v) is 4.48. The van der Waals surface area contributed by atoms with Gasteiger partial charge in [-0.2, -0.15) is 13.2 Å². The Morgan fingerprint density at radius 1 is 1.14 bits per heavy atom. The highest BCUT2D eigenvalue weighted by atomic mass is 19.4. The molecule has 3 aromatic rings. The predicted molar refractivity (Wildman–Crippen MR) is 139 cm³/mol. The number of dihydropyridines is 1. The minimum Gasteiger partial charge on any atom is -0.384 e. The fourth-order valence-electron chi connectivity index (χ4n) is 4.48. The normalized spacial score (nSPS) is 14.6. The molecule has 9 heteroatoms. The molecule has 1 atom stereocenters. The van der Waals surface area contributed by atoms with Gasteiger partial charge in [0.05, 0.1) is 5.52 Å². The van der Waals surface area contributed by atoms with Crippen LogP contribution >= 0.6 is 0 Å². The van der Waals surface area contributed by atoms with Gasteiger partial charge in [-0.05, 0) is 67.3 Å². The largest absolute Gasteiger partial charge is 0.433 e. The summed E-state index contributed by atoms with van der Waals surface area (Å²) in [6.45, 7) is 2.53. The molecule has 0 radical (unpaired) electrons. The lowest BCUT2D eigenvalue weighted by Crippen LogP contribution is -2.33. The number of amides is 1. The van der Waals surface area contributed by atoms with Crippen molar-refractivity contribution in [2.24, 2.45) is 10.9 Å². The summed E-state index contributed by atoms with van der Waals surface area (Å²) in [5, 5.41) is 4.02. The van der Waals surface area contributed by atoms with Gasteiger partial charge in [0.1, 0.15) is 11.5 Å². The number of carbonyl (C=O) groups excluding carboxylic acids is 1. The first-order valence-corrected chi connectivity index (χ1v) is 12.2. The van der Waals surface area contributed by atoms with Gasteiger partial charge in [-0.15, -0.1) is 0 Å². The molecule has 1 unspecified atom stereocenters. The molecule has 0 saturated carbocycles. The Morgan fingerprint density at radius 2 is 1.89 bits per heavy atom. The number of hydrogen-bond acceptors (Lipinski definition) is 4. The zero-order chi connectivity index (χ0) is 26.6. The molecule has 1 aliphatic rings. The molecule has 0 spiro atoms. The molecule has 0 aliphatic carbocycles. The Balaban J connectivity index is 1.50. The molecule has 1 N–H and O–H groups in total. The number of halogens is 4. The van der Waals surface area contributed by atoms with Crippen LogP contribution in [-0.2, 0) is 4.79 Å². The van der Waals surface area contributed by atoms with Crippen molar-refractivity contribution in [3.63, 3.8) is 0 Å². The maximum atomic E-state index is 13.6. The van der Waals surface area contributed by atoms with Crippen LogP contribution in [0.4, 0.5) is 28.9 Å². The van der Waals surface area contributed by atoms with Crippen molar-refractivity contribution in [1.82, 2.24) is 4.98 Å². The molecule has 1 aliphatic heterocycles. The highest BCUT2D eigenvalue weighted by Crippen LogP contribution is 2.33. The summed E-state index contributed by atoms with van der Waals surface area (Å²) in [4.78, 5) is 22.6.